The fourth-order valence-corrected chi connectivity index (χ4v) is 3.85. The van der Waals surface area contributed by atoms with Crippen LogP contribution in [0.5, 0.6) is 0 Å². The molecule has 1 aliphatic heterocycles. The van der Waals surface area contributed by atoms with Crippen molar-refractivity contribution in [2.75, 3.05) is 26.7 Å². The summed E-state index contributed by atoms with van der Waals surface area (Å²) in [4.78, 5) is 6.67. The van der Waals surface area contributed by atoms with E-state index in [0.717, 1.165) is 42.3 Å². The summed E-state index contributed by atoms with van der Waals surface area (Å²) < 4.78 is 21.3. The number of aromatic nitrogens is 2. The van der Waals surface area contributed by atoms with E-state index in [-0.39, 0.29) is 18.0 Å². The molecule has 2 aromatic carbocycles. The van der Waals surface area contributed by atoms with E-state index < -0.39 is 0 Å². The molecule has 162 valence electrons. The molecule has 0 amide bonds. The zero-order valence-electron chi connectivity index (χ0n) is 17.9. The molecule has 7 heteroatoms. The van der Waals surface area contributed by atoms with Crippen LogP contribution in [-0.4, -0.2) is 53.4 Å². The summed E-state index contributed by atoms with van der Waals surface area (Å²) in [7, 11) is 1.79. The van der Waals surface area contributed by atoms with Gasteiger partial charge in [0.1, 0.15) is 11.9 Å². The van der Waals surface area contributed by atoms with Crippen molar-refractivity contribution in [1.29, 1.82) is 0 Å². The van der Waals surface area contributed by atoms with Gasteiger partial charge in [0.05, 0.1) is 24.5 Å². The monoisotopic (exact) mass is 421 g/mol. The average molecular weight is 422 g/mol. The van der Waals surface area contributed by atoms with E-state index in [9.17, 15) is 4.39 Å². The topological polar surface area (TPSA) is 54.7 Å². The van der Waals surface area contributed by atoms with E-state index in [1.165, 1.54) is 12.1 Å². The first-order valence-electron chi connectivity index (χ1n) is 10.6. The minimum absolute atomic E-state index is 0.0476. The minimum Gasteiger partial charge on any atom is -0.367 e. The minimum atomic E-state index is -0.238. The van der Waals surface area contributed by atoms with Crippen LogP contribution in [0.4, 0.5) is 4.39 Å². The fraction of sp³-hybridized carbons (Fsp3) is 0.333. The van der Waals surface area contributed by atoms with Gasteiger partial charge in [-0.05, 0) is 48.7 Å². The first-order chi connectivity index (χ1) is 15.1. The molecular weight excluding hydrogens is 393 g/mol. The number of nitrogens with one attached hydrogen (secondary N) is 1. The van der Waals surface area contributed by atoms with Gasteiger partial charge >= 0.3 is 0 Å². The number of guanidine groups is 1. The van der Waals surface area contributed by atoms with Crippen LogP contribution in [0.3, 0.4) is 0 Å². The lowest BCUT2D eigenvalue weighted by molar-refractivity contribution is -0.0604. The van der Waals surface area contributed by atoms with Crippen LogP contribution in [-0.2, 0) is 11.2 Å². The van der Waals surface area contributed by atoms with Crippen molar-refractivity contribution >= 4 is 5.96 Å². The quantitative estimate of drug-likeness (QED) is 0.505. The lowest BCUT2D eigenvalue weighted by Crippen LogP contribution is -2.51. The van der Waals surface area contributed by atoms with Gasteiger partial charge in [0, 0.05) is 26.3 Å². The van der Waals surface area contributed by atoms with E-state index >= 15 is 0 Å². The van der Waals surface area contributed by atoms with E-state index in [0.29, 0.717) is 6.54 Å². The molecule has 0 spiro atoms. The van der Waals surface area contributed by atoms with Crippen LogP contribution in [0.25, 0.3) is 5.69 Å². The van der Waals surface area contributed by atoms with Crippen molar-refractivity contribution in [2.24, 2.45) is 4.99 Å². The zero-order chi connectivity index (χ0) is 21.6. The van der Waals surface area contributed by atoms with Crippen molar-refractivity contribution in [3.8, 4) is 5.69 Å². The molecule has 31 heavy (non-hydrogen) atoms. The Hall–Kier alpha value is -3.19. The molecule has 0 bridgehead atoms. The van der Waals surface area contributed by atoms with Gasteiger partial charge in [0.2, 0.25) is 0 Å². The molecule has 6 nitrogen and oxygen atoms in total. The summed E-state index contributed by atoms with van der Waals surface area (Å²) in [6, 6.07) is 16.6. The molecular formula is C24H28FN5O. The van der Waals surface area contributed by atoms with Gasteiger partial charge in [-0.3, -0.25) is 4.99 Å². The molecule has 0 radical (unpaired) electrons. The molecule has 2 heterocycles. The Kier molecular flexibility index (Phi) is 6.62. The summed E-state index contributed by atoms with van der Waals surface area (Å²) in [5.74, 6) is 0.607. The molecule has 1 saturated heterocycles. The van der Waals surface area contributed by atoms with Gasteiger partial charge in [0.15, 0.2) is 5.96 Å². The molecule has 0 aliphatic carbocycles. The van der Waals surface area contributed by atoms with Gasteiger partial charge in [0.25, 0.3) is 0 Å². The van der Waals surface area contributed by atoms with Crippen LogP contribution in [0.15, 0.2) is 72.0 Å². The third kappa shape index (κ3) is 5.30. The summed E-state index contributed by atoms with van der Waals surface area (Å²) in [6.45, 7) is 4.22. The molecule has 3 aromatic rings. The maximum absolute atomic E-state index is 13.3. The number of aliphatic imine (C=N–C) groups is 1. The number of halogens is 1. The first kappa shape index (κ1) is 21.1. The van der Waals surface area contributed by atoms with E-state index in [2.05, 4.69) is 26.5 Å². The Labute approximate surface area is 182 Å². The number of rotatable bonds is 5. The number of benzene rings is 2. The van der Waals surface area contributed by atoms with Crippen molar-refractivity contribution in [3.63, 3.8) is 0 Å². The number of hydrogen-bond donors (Lipinski definition) is 1. The fourth-order valence-electron chi connectivity index (χ4n) is 3.85. The third-order valence-corrected chi connectivity index (χ3v) is 5.37. The highest BCUT2D eigenvalue weighted by Gasteiger charge is 2.28. The van der Waals surface area contributed by atoms with Gasteiger partial charge < -0.3 is 15.0 Å². The lowest BCUT2D eigenvalue weighted by Gasteiger charge is -2.38. The van der Waals surface area contributed by atoms with Crippen LogP contribution in [0, 0.1) is 5.82 Å². The highest BCUT2D eigenvalue weighted by atomic mass is 19.1. The van der Waals surface area contributed by atoms with Crippen LogP contribution in [0.1, 0.15) is 24.2 Å². The first-order valence-corrected chi connectivity index (χ1v) is 10.6. The largest absolute Gasteiger partial charge is 0.367 e. The number of para-hydroxylation sites is 1. The van der Waals surface area contributed by atoms with Gasteiger partial charge in [-0.15, -0.1) is 0 Å². The smallest absolute Gasteiger partial charge is 0.193 e. The van der Waals surface area contributed by atoms with Gasteiger partial charge in [-0.25, -0.2) is 9.07 Å². The molecule has 1 fully saturated rings. The van der Waals surface area contributed by atoms with Crippen molar-refractivity contribution in [2.45, 2.75) is 25.6 Å². The summed E-state index contributed by atoms with van der Waals surface area (Å²) in [6.07, 6.45) is 4.73. The molecule has 2 atom stereocenters. The van der Waals surface area contributed by atoms with Crippen molar-refractivity contribution in [3.05, 3.63) is 83.9 Å². The molecule has 2 unspecified atom stereocenters. The number of ether oxygens (including phenoxy) is 1. The predicted octanol–water partition coefficient (Wildman–Crippen LogP) is 3.59. The Morgan fingerprint density at radius 2 is 1.94 bits per heavy atom. The third-order valence-electron chi connectivity index (χ3n) is 5.37. The maximum atomic E-state index is 13.3. The number of morpholine rings is 1. The van der Waals surface area contributed by atoms with Crippen LogP contribution < -0.4 is 5.32 Å². The normalized spacial score (nSPS) is 19.5. The number of hydrogen-bond acceptors (Lipinski definition) is 3. The summed E-state index contributed by atoms with van der Waals surface area (Å²) in [5, 5.41) is 7.92. The zero-order valence-corrected chi connectivity index (χ0v) is 17.9. The lowest BCUT2D eigenvalue weighted by atomic mass is 10.1. The Morgan fingerprint density at radius 1 is 1.16 bits per heavy atom. The summed E-state index contributed by atoms with van der Waals surface area (Å²) >= 11 is 0. The Morgan fingerprint density at radius 3 is 2.68 bits per heavy atom. The predicted molar refractivity (Wildman–Crippen MR) is 120 cm³/mol. The van der Waals surface area contributed by atoms with Crippen LogP contribution in [0.2, 0.25) is 0 Å². The SMILES string of the molecule is CN=C(NCCc1cnn(-c2ccccc2)c1)N1CC(C)OC(c2ccc(F)cc2)C1. The standard InChI is InChI=1S/C24H28FN5O/c1-18-15-29(17-23(31-18)20-8-10-21(25)11-9-20)24(26-2)27-13-12-19-14-28-30(16-19)22-6-4-3-5-7-22/h3-11,14,16,18,23H,12-13,15,17H2,1-2H3,(H,26,27). The average Bonchev–Trinajstić information content (AvgIpc) is 3.26. The van der Waals surface area contributed by atoms with Crippen molar-refractivity contribution in [1.82, 2.24) is 20.0 Å². The maximum Gasteiger partial charge on any atom is 0.193 e. The van der Waals surface area contributed by atoms with E-state index in [1.807, 2.05) is 48.1 Å². The highest BCUT2D eigenvalue weighted by molar-refractivity contribution is 5.80. The molecule has 1 N–H and O–H groups in total. The Balaban J connectivity index is 1.34. The van der Waals surface area contributed by atoms with E-state index in [4.69, 9.17) is 4.74 Å². The Bertz CT molecular complexity index is 1000. The highest BCUT2D eigenvalue weighted by Crippen LogP contribution is 2.25. The van der Waals surface area contributed by atoms with Gasteiger partial charge in [-0.2, -0.15) is 5.10 Å². The second-order valence-corrected chi connectivity index (χ2v) is 7.74. The molecule has 1 aliphatic rings. The van der Waals surface area contributed by atoms with Crippen LogP contribution >= 0.6 is 0 Å². The number of nitrogens with zero attached hydrogens (tertiary/aromatic N) is 4. The van der Waals surface area contributed by atoms with Crippen molar-refractivity contribution < 1.29 is 9.13 Å². The molecule has 4 rings (SSSR count). The summed E-state index contributed by atoms with van der Waals surface area (Å²) in [5.41, 5.74) is 3.18. The molecule has 0 saturated carbocycles. The van der Waals surface area contributed by atoms with Gasteiger partial charge in [-0.1, -0.05) is 30.3 Å². The second-order valence-electron chi connectivity index (χ2n) is 7.74. The van der Waals surface area contributed by atoms with E-state index in [1.54, 1.807) is 19.2 Å². The second kappa shape index (κ2) is 9.75. The molecule has 1 aromatic heterocycles.